The van der Waals surface area contributed by atoms with Gasteiger partial charge in [-0.15, -0.1) is 6.42 Å². The van der Waals surface area contributed by atoms with Crippen molar-refractivity contribution in [2.75, 3.05) is 0 Å². The summed E-state index contributed by atoms with van der Waals surface area (Å²) in [5.74, 6) is 2.56. The Morgan fingerprint density at radius 2 is 1.83 bits per heavy atom. The third-order valence-electron chi connectivity index (χ3n) is 2.85. The molecule has 0 aliphatic carbocycles. The zero-order valence-electron chi connectivity index (χ0n) is 10.3. The molecule has 0 unspecified atom stereocenters. The first-order valence-corrected chi connectivity index (χ1v) is 5.78. The van der Waals surface area contributed by atoms with Crippen LogP contribution in [0.3, 0.4) is 0 Å². The van der Waals surface area contributed by atoms with E-state index in [0.29, 0.717) is 11.1 Å². The van der Waals surface area contributed by atoms with Crippen LogP contribution in [0.1, 0.15) is 27.8 Å². The van der Waals surface area contributed by atoms with Crippen LogP contribution in [0.2, 0.25) is 0 Å². The van der Waals surface area contributed by atoms with Crippen molar-refractivity contribution in [1.82, 2.24) is 0 Å². The summed E-state index contributed by atoms with van der Waals surface area (Å²) in [6.45, 7) is 2.08. The summed E-state index contributed by atoms with van der Waals surface area (Å²) < 4.78 is 0. The van der Waals surface area contributed by atoms with Crippen molar-refractivity contribution in [2.45, 2.75) is 13.3 Å². The molecule has 0 aliphatic rings. The number of nitriles is 1. The van der Waals surface area contributed by atoms with E-state index < -0.39 is 0 Å². The Bertz CT molecular complexity index is 654. The fourth-order valence-electron chi connectivity index (χ4n) is 1.98. The molecule has 0 N–H and O–H groups in total. The summed E-state index contributed by atoms with van der Waals surface area (Å²) in [7, 11) is 0. The van der Waals surface area contributed by atoms with Gasteiger partial charge in [0.05, 0.1) is 5.56 Å². The highest BCUT2D eigenvalue weighted by Gasteiger charge is 2.02. The van der Waals surface area contributed by atoms with Crippen LogP contribution in [0.15, 0.2) is 42.5 Å². The zero-order valence-corrected chi connectivity index (χ0v) is 10.3. The van der Waals surface area contributed by atoms with Gasteiger partial charge in [0.1, 0.15) is 6.07 Å². The van der Waals surface area contributed by atoms with Gasteiger partial charge in [0.2, 0.25) is 0 Å². The van der Waals surface area contributed by atoms with Crippen LogP contribution in [-0.4, -0.2) is 0 Å². The van der Waals surface area contributed by atoms with Gasteiger partial charge in [-0.1, -0.05) is 41.8 Å². The smallest absolute Gasteiger partial charge is 0.100 e. The zero-order chi connectivity index (χ0) is 13.0. The van der Waals surface area contributed by atoms with Crippen molar-refractivity contribution in [3.05, 3.63) is 70.3 Å². The minimum Gasteiger partial charge on any atom is -0.192 e. The van der Waals surface area contributed by atoms with Gasteiger partial charge in [0.15, 0.2) is 0 Å². The van der Waals surface area contributed by atoms with Gasteiger partial charge in [-0.05, 0) is 36.6 Å². The van der Waals surface area contributed by atoms with E-state index in [-0.39, 0.29) is 0 Å². The van der Waals surface area contributed by atoms with E-state index in [9.17, 15) is 0 Å². The summed E-state index contributed by atoms with van der Waals surface area (Å²) in [5.41, 5.74) is 4.86. The highest BCUT2D eigenvalue weighted by Crippen LogP contribution is 2.15. The Labute approximate surface area is 108 Å². The van der Waals surface area contributed by atoms with Crippen molar-refractivity contribution >= 4 is 0 Å². The van der Waals surface area contributed by atoms with Crippen molar-refractivity contribution in [3.63, 3.8) is 0 Å². The van der Waals surface area contributed by atoms with Gasteiger partial charge in [-0.3, -0.25) is 0 Å². The lowest BCUT2D eigenvalue weighted by Crippen LogP contribution is -1.92. The van der Waals surface area contributed by atoms with Crippen LogP contribution in [0, 0.1) is 30.6 Å². The van der Waals surface area contributed by atoms with Crippen LogP contribution < -0.4 is 0 Å². The molecular weight excluding hydrogens is 218 g/mol. The largest absolute Gasteiger partial charge is 0.192 e. The number of rotatable bonds is 2. The molecule has 0 saturated carbocycles. The first kappa shape index (κ1) is 12.0. The van der Waals surface area contributed by atoms with Crippen molar-refractivity contribution in [1.29, 1.82) is 5.26 Å². The van der Waals surface area contributed by atoms with Gasteiger partial charge in [0.25, 0.3) is 0 Å². The lowest BCUT2D eigenvalue weighted by molar-refractivity contribution is 1.18. The van der Waals surface area contributed by atoms with Gasteiger partial charge in [-0.2, -0.15) is 5.26 Å². The first-order valence-electron chi connectivity index (χ1n) is 5.78. The van der Waals surface area contributed by atoms with E-state index in [4.69, 9.17) is 11.7 Å². The molecule has 0 amide bonds. The minimum absolute atomic E-state index is 0.561. The molecule has 0 radical (unpaired) electrons. The molecule has 0 aliphatic heterocycles. The molecule has 2 aromatic carbocycles. The monoisotopic (exact) mass is 231 g/mol. The van der Waals surface area contributed by atoms with Crippen LogP contribution in [0.5, 0.6) is 0 Å². The maximum absolute atomic E-state index is 8.92. The third-order valence-corrected chi connectivity index (χ3v) is 2.85. The molecule has 1 heteroatoms. The summed E-state index contributed by atoms with van der Waals surface area (Å²) >= 11 is 0. The summed E-state index contributed by atoms with van der Waals surface area (Å²) in [5, 5.41) is 8.92. The van der Waals surface area contributed by atoms with Crippen LogP contribution in [-0.2, 0) is 6.42 Å². The molecular formula is C17H13N. The van der Waals surface area contributed by atoms with Crippen molar-refractivity contribution in [3.8, 4) is 18.4 Å². The second-order valence-corrected chi connectivity index (χ2v) is 4.30. The fourth-order valence-corrected chi connectivity index (χ4v) is 1.98. The quantitative estimate of drug-likeness (QED) is 0.726. The third kappa shape index (κ3) is 2.59. The highest BCUT2D eigenvalue weighted by atomic mass is 14.2. The summed E-state index contributed by atoms with van der Waals surface area (Å²) in [6, 6.07) is 16.2. The molecule has 1 nitrogen and oxygen atoms in total. The number of hydrogen-bond acceptors (Lipinski definition) is 1. The van der Waals surface area contributed by atoms with Crippen LogP contribution in [0.4, 0.5) is 0 Å². The predicted octanol–water partition coefficient (Wildman–Crippen LogP) is 3.44. The molecule has 0 saturated heterocycles. The molecule has 0 fully saturated rings. The molecule has 0 atom stereocenters. The Morgan fingerprint density at radius 3 is 2.50 bits per heavy atom. The average Bonchev–Trinajstić information content (AvgIpc) is 2.38. The molecule has 2 aromatic rings. The number of terminal acetylenes is 1. The van der Waals surface area contributed by atoms with Crippen molar-refractivity contribution in [2.24, 2.45) is 0 Å². The number of hydrogen-bond donors (Lipinski definition) is 0. The van der Waals surface area contributed by atoms with E-state index in [1.165, 1.54) is 11.1 Å². The number of benzene rings is 2. The van der Waals surface area contributed by atoms with Gasteiger partial charge >= 0.3 is 0 Å². The minimum atomic E-state index is 0.561. The molecule has 0 aromatic heterocycles. The molecule has 86 valence electrons. The highest BCUT2D eigenvalue weighted by molar-refractivity contribution is 5.49. The van der Waals surface area contributed by atoms with E-state index in [2.05, 4.69) is 43.2 Å². The van der Waals surface area contributed by atoms with E-state index in [1.807, 2.05) is 12.1 Å². The molecule has 18 heavy (non-hydrogen) atoms. The van der Waals surface area contributed by atoms with Gasteiger partial charge in [-0.25, -0.2) is 0 Å². The molecule has 0 heterocycles. The second kappa shape index (κ2) is 5.21. The predicted molar refractivity (Wildman–Crippen MR) is 73.1 cm³/mol. The second-order valence-electron chi connectivity index (χ2n) is 4.30. The lowest BCUT2D eigenvalue weighted by atomic mass is 9.99. The Morgan fingerprint density at radius 1 is 1.06 bits per heavy atom. The number of aryl methyl sites for hydroxylation is 1. The Balaban J connectivity index is 2.31. The maximum Gasteiger partial charge on any atom is 0.100 e. The standard InChI is InChI=1S/C17H13N/c1-3-16-11-15(7-8-17(16)12-18)10-14-6-4-5-13(2)9-14/h1,4-9,11H,10H2,2H3. The van der Waals surface area contributed by atoms with Gasteiger partial charge < -0.3 is 0 Å². The SMILES string of the molecule is C#Cc1cc(Cc2cccc(C)c2)ccc1C#N. The fraction of sp³-hybridized carbons (Fsp3) is 0.118. The molecule has 2 rings (SSSR count). The maximum atomic E-state index is 8.92. The topological polar surface area (TPSA) is 23.8 Å². The van der Waals surface area contributed by atoms with E-state index in [0.717, 1.165) is 12.0 Å². The first-order chi connectivity index (χ1) is 8.72. The Hall–Kier alpha value is -2.51. The average molecular weight is 231 g/mol. The summed E-state index contributed by atoms with van der Waals surface area (Å²) in [6.07, 6.45) is 6.25. The summed E-state index contributed by atoms with van der Waals surface area (Å²) in [4.78, 5) is 0. The van der Waals surface area contributed by atoms with E-state index >= 15 is 0 Å². The van der Waals surface area contributed by atoms with Crippen LogP contribution >= 0.6 is 0 Å². The van der Waals surface area contributed by atoms with Crippen LogP contribution in [0.25, 0.3) is 0 Å². The van der Waals surface area contributed by atoms with Gasteiger partial charge in [0, 0.05) is 5.56 Å². The van der Waals surface area contributed by atoms with E-state index in [1.54, 1.807) is 6.07 Å². The lowest BCUT2D eigenvalue weighted by Gasteiger charge is -2.05. The Kier molecular flexibility index (Phi) is 3.46. The normalized spacial score (nSPS) is 9.50. The molecule has 0 bridgehead atoms. The molecule has 0 spiro atoms. The van der Waals surface area contributed by atoms with Crippen molar-refractivity contribution < 1.29 is 0 Å². The number of nitrogens with zero attached hydrogens (tertiary/aromatic N) is 1.